The van der Waals surface area contributed by atoms with Gasteiger partial charge in [0.25, 0.3) is 16.1 Å². The maximum absolute atomic E-state index is 12.9. The summed E-state index contributed by atoms with van der Waals surface area (Å²) in [6.07, 6.45) is 3.45. The van der Waals surface area contributed by atoms with E-state index in [2.05, 4.69) is 9.88 Å². The highest BCUT2D eigenvalue weighted by molar-refractivity contribution is 7.87. The van der Waals surface area contributed by atoms with Crippen LogP contribution in [-0.2, 0) is 10.2 Å². The van der Waals surface area contributed by atoms with Gasteiger partial charge in [0, 0.05) is 33.2 Å². The molecule has 1 N–H and O–H groups in total. The van der Waals surface area contributed by atoms with Crippen LogP contribution in [0.15, 0.2) is 4.52 Å². The SMILES string of the molecule is Cc1noc(C)c1C(=O)N1CCCCC1CCNS(=O)(=O)N(C)C. The Balaban J connectivity index is 2.04. The van der Waals surface area contributed by atoms with Crippen LogP contribution in [0, 0.1) is 13.8 Å². The number of rotatable bonds is 6. The first kappa shape index (κ1) is 18.9. The summed E-state index contributed by atoms with van der Waals surface area (Å²) < 4.78 is 32.3. The molecule has 1 aliphatic heterocycles. The van der Waals surface area contributed by atoms with Gasteiger partial charge in [-0.25, -0.2) is 4.72 Å². The number of hydrogen-bond donors (Lipinski definition) is 1. The Kier molecular flexibility index (Phi) is 6.00. The van der Waals surface area contributed by atoms with Crippen LogP contribution < -0.4 is 4.72 Å². The van der Waals surface area contributed by atoms with Gasteiger partial charge in [-0.2, -0.15) is 12.7 Å². The second-order valence-corrected chi connectivity index (χ2v) is 8.29. The molecule has 1 fully saturated rings. The van der Waals surface area contributed by atoms with Crippen molar-refractivity contribution in [2.75, 3.05) is 27.2 Å². The lowest BCUT2D eigenvalue weighted by atomic mass is 9.98. The summed E-state index contributed by atoms with van der Waals surface area (Å²) in [5.74, 6) is 0.446. The number of likely N-dealkylation sites (tertiary alicyclic amines) is 1. The van der Waals surface area contributed by atoms with Crippen LogP contribution in [0.5, 0.6) is 0 Å². The third-order valence-corrected chi connectivity index (χ3v) is 5.91. The van der Waals surface area contributed by atoms with Crippen molar-refractivity contribution in [3.63, 3.8) is 0 Å². The Hall–Kier alpha value is -1.45. The topological polar surface area (TPSA) is 95.7 Å². The van der Waals surface area contributed by atoms with Gasteiger partial charge in [-0.15, -0.1) is 0 Å². The van der Waals surface area contributed by atoms with Crippen molar-refractivity contribution >= 4 is 16.1 Å². The van der Waals surface area contributed by atoms with Crippen LogP contribution in [0.2, 0.25) is 0 Å². The molecule has 24 heavy (non-hydrogen) atoms. The van der Waals surface area contributed by atoms with E-state index in [-0.39, 0.29) is 11.9 Å². The number of carbonyl (C=O) groups excluding carboxylic acids is 1. The van der Waals surface area contributed by atoms with Crippen LogP contribution in [0.3, 0.4) is 0 Å². The summed E-state index contributed by atoms with van der Waals surface area (Å²) in [5, 5.41) is 3.85. The van der Waals surface area contributed by atoms with Crippen LogP contribution >= 0.6 is 0 Å². The molecule has 0 spiro atoms. The first-order valence-electron chi connectivity index (χ1n) is 8.15. The zero-order valence-corrected chi connectivity index (χ0v) is 15.5. The van der Waals surface area contributed by atoms with Crippen molar-refractivity contribution in [3.05, 3.63) is 17.0 Å². The first-order chi connectivity index (χ1) is 11.2. The molecule has 0 saturated carbocycles. The molecule has 1 aromatic rings. The summed E-state index contributed by atoms with van der Waals surface area (Å²) in [4.78, 5) is 14.7. The lowest BCUT2D eigenvalue weighted by molar-refractivity contribution is 0.0601. The number of nitrogens with one attached hydrogen (secondary N) is 1. The maximum atomic E-state index is 12.9. The number of amides is 1. The quantitative estimate of drug-likeness (QED) is 0.821. The van der Waals surface area contributed by atoms with Crippen LogP contribution in [-0.4, -0.2) is 61.9 Å². The Morgan fingerprint density at radius 1 is 1.38 bits per heavy atom. The van der Waals surface area contributed by atoms with E-state index in [1.165, 1.54) is 14.1 Å². The van der Waals surface area contributed by atoms with Gasteiger partial charge in [-0.05, 0) is 39.5 Å². The van der Waals surface area contributed by atoms with E-state index in [9.17, 15) is 13.2 Å². The second kappa shape index (κ2) is 7.62. The minimum atomic E-state index is -3.44. The molecule has 9 heteroatoms. The molecule has 0 radical (unpaired) electrons. The predicted molar refractivity (Wildman–Crippen MR) is 89.9 cm³/mol. The number of hydrogen-bond acceptors (Lipinski definition) is 5. The van der Waals surface area contributed by atoms with Crippen molar-refractivity contribution in [1.82, 2.24) is 19.1 Å². The zero-order chi connectivity index (χ0) is 17.9. The Morgan fingerprint density at radius 2 is 2.08 bits per heavy atom. The normalized spacial score (nSPS) is 19.0. The molecular formula is C15H26N4O4S. The predicted octanol–water partition coefficient (Wildman–Crippen LogP) is 1.07. The summed E-state index contributed by atoms with van der Waals surface area (Å²) in [6.45, 7) is 4.47. The van der Waals surface area contributed by atoms with Crippen molar-refractivity contribution in [3.8, 4) is 0 Å². The molecule has 1 amide bonds. The molecular weight excluding hydrogens is 332 g/mol. The minimum Gasteiger partial charge on any atom is -0.361 e. The number of aromatic nitrogens is 1. The first-order valence-corrected chi connectivity index (χ1v) is 9.59. The Labute approximate surface area is 143 Å². The van der Waals surface area contributed by atoms with E-state index in [0.29, 0.717) is 36.5 Å². The van der Waals surface area contributed by atoms with Gasteiger partial charge in [-0.1, -0.05) is 5.16 Å². The van der Waals surface area contributed by atoms with Crippen molar-refractivity contribution < 1.29 is 17.7 Å². The van der Waals surface area contributed by atoms with Gasteiger partial charge < -0.3 is 9.42 Å². The van der Waals surface area contributed by atoms with Gasteiger partial charge in [0.1, 0.15) is 11.3 Å². The second-order valence-electron chi connectivity index (χ2n) is 6.32. The standard InChI is InChI=1S/C15H26N4O4S/c1-11-14(12(2)23-17-11)15(20)19-10-6-5-7-13(19)8-9-16-24(21,22)18(3)4/h13,16H,5-10H2,1-4H3. The van der Waals surface area contributed by atoms with Crippen molar-refractivity contribution in [1.29, 1.82) is 0 Å². The molecule has 1 unspecified atom stereocenters. The number of nitrogens with zero attached hydrogens (tertiary/aromatic N) is 3. The van der Waals surface area contributed by atoms with E-state index in [1.54, 1.807) is 13.8 Å². The van der Waals surface area contributed by atoms with E-state index in [4.69, 9.17) is 4.52 Å². The Morgan fingerprint density at radius 3 is 2.67 bits per heavy atom. The molecule has 2 rings (SSSR count). The van der Waals surface area contributed by atoms with E-state index in [0.717, 1.165) is 23.6 Å². The zero-order valence-electron chi connectivity index (χ0n) is 14.7. The highest BCUT2D eigenvalue weighted by Gasteiger charge is 2.30. The maximum Gasteiger partial charge on any atom is 0.278 e. The number of aryl methyl sites for hydroxylation is 2. The molecule has 136 valence electrons. The highest BCUT2D eigenvalue weighted by Crippen LogP contribution is 2.24. The van der Waals surface area contributed by atoms with E-state index < -0.39 is 10.2 Å². The average Bonchev–Trinajstić information content (AvgIpc) is 2.86. The molecule has 1 aromatic heterocycles. The lowest BCUT2D eigenvalue weighted by Crippen LogP contribution is -2.46. The van der Waals surface area contributed by atoms with Gasteiger partial charge in [0.2, 0.25) is 0 Å². The third-order valence-electron chi connectivity index (χ3n) is 4.38. The van der Waals surface area contributed by atoms with Gasteiger partial charge in [0.15, 0.2) is 0 Å². The summed E-state index contributed by atoms with van der Waals surface area (Å²) in [7, 11) is -0.474. The monoisotopic (exact) mass is 358 g/mol. The van der Waals surface area contributed by atoms with Crippen LogP contribution in [0.4, 0.5) is 0 Å². The summed E-state index contributed by atoms with van der Waals surface area (Å²) >= 11 is 0. The lowest BCUT2D eigenvalue weighted by Gasteiger charge is -2.36. The van der Waals surface area contributed by atoms with Crippen LogP contribution in [0.25, 0.3) is 0 Å². The molecule has 1 saturated heterocycles. The molecule has 0 bridgehead atoms. The van der Waals surface area contributed by atoms with Gasteiger partial charge in [-0.3, -0.25) is 4.79 Å². The summed E-state index contributed by atoms with van der Waals surface area (Å²) in [6, 6.07) is 0.0183. The average molecular weight is 358 g/mol. The fourth-order valence-electron chi connectivity index (χ4n) is 2.98. The number of carbonyl (C=O) groups is 1. The largest absolute Gasteiger partial charge is 0.361 e. The molecule has 8 nitrogen and oxygen atoms in total. The number of piperidine rings is 1. The minimum absolute atomic E-state index is 0.0183. The van der Waals surface area contributed by atoms with E-state index in [1.807, 2.05) is 4.90 Å². The van der Waals surface area contributed by atoms with Crippen molar-refractivity contribution in [2.24, 2.45) is 0 Å². The highest BCUT2D eigenvalue weighted by atomic mass is 32.2. The van der Waals surface area contributed by atoms with Crippen molar-refractivity contribution in [2.45, 2.75) is 45.6 Å². The fraction of sp³-hybridized carbons (Fsp3) is 0.733. The molecule has 1 aliphatic rings. The van der Waals surface area contributed by atoms with Gasteiger partial charge in [0.05, 0.1) is 5.69 Å². The van der Waals surface area contributed by atoms with Crippen LogP contribution in [0.1, 0.15) is 47.5 Å². The molecule has 0 aliphatic carbocycles. The molecule has 1 atom stereocenters. The third kappa shape index (κ3) is 4.14. The Bertz CT molecular complexity index is 664. The molecule has 2 heterocycles. The van der Waals surface area contributed by atoms with Gasteiger partial charge >= 0.3 is 0 Å². The fourth-order valence-corrected chi connectivity index (χ4v) is 3.62. The van der Waals surface area contributed by atoms with E-state index >= 15 is 0 Å². The molecule has 0 aromatic carbocycles. The smallest absolute Gasteiger partial charge is 0.278 e. The summed E-state index contributed by atoms with van der Waals surface area (Å²) in [5.41, 5.74) is 1.12.